The van der Waals surface area contributed by atoms with Gasteiger partial charge in [0, 0.05) is 41.0 Å². The maximum atomic E-state index is 13.1. The summed E-state index contributed by atoms with van der Waals surface area (Å²) < 4.78 is 0. The average Bonchev–Trinajstić information content (AvgIpc) is 3.23. The molecule has 1 heterocycles. The zero-order chi connectivity index (χ0) is 25.2. The Morgan fingerprint density at radius 1 is 0.676 bits per heavy atom. The summed E-state index contributed by atoms with van der Waals surface area (Å²) in [5, 5.41) is 11.0. The van der Waals surface area contributed by atoms with Gasteiger partial charge in [-0.15, -0.1) is 0 Å². The highest BCUT2D eigenvalue weighted by molar-refractivity contribution is 6.26. The van der Waals surface area contributed by atoms with E-state index in [1.54, 1.807) is 0 Å². The highest BCUT2D eigenvalue weighted by Gasteiger charge is 2.30. The molecule has 4 heteroatoms. The van der Waals surface area contributed by atoms with E-state index in [1.165, 1.54) is 0 Å². The van der Waals surface area contributed by atoms with Gasteiger partial charge in [-0.25, -0.2) is 0 Å². The normalized spacial score (nSPS) is 12.1. The van der Waals surface area contributed by atoms with Gasteiger partial charge in [0.2, 0.25) is 0 Å². The van der Waals surface area contributed by atoms with Gasteiger partial charge < -0.3 is 9.80 Å². The van der Waals surface area contributed by atoms with Crippen LogP contribution in [0.15, 0.2) is 115 Å². The molecule has 5 aromatic carbocycles. The van der Waals surface area contributed by atoms with Crippen LogP contribution in [0.2, 0.25) is 0 Å². The van der Waals surface area contributed by atoms with Gasteiger partial charge in [0.25, 0.3) is 5.91 Å². The van der Waals surface area contributed by atoms with Crippen LogP contribution in [0.4, 0.5) is 22.7 Å². The Kier molecular flexibility index (Phi) is 5.88. The predicted octanol–water partition coefficient (Wildman–Crippen LogP) is 8.24. The van der Waals surface area contributed by atoms with Gasteiger partial charge in [-0.2, -0.15) is 5.26 Å². The first-order chi connectivity index (χ1) is 18.3. The molecule has 6 rings (SSSR count). The quantitative estimate of drug-likeness (QED) is 0.221. The van der Waals surface area contributed by atoms with Crippen molar-refractivity contribution in [1.29, 1.82) is 5.26 Å². The molecule has 0 fully saturated rings. The van der Waals surface area contributed by atoms with E-state index < -0.39 is 0 Å². The van der Waals surface area contributed by atoms with Crippen LogP contribution in [0.25, 0.3) is 21.9 Å². The van der Waals surface area contributed by atoms with E-state index in [4.69, 9.17) is 5.26 Å². The summed E-state index contributed by atoms with van der Waals surface area (Å²) in [5.41, 5.74) is 7.15. The molecule has 0 bridgehead atoms. The van der Waals surface area contributed by atoms with Gasteiger partial charge in [-0.1, -0.05) is 66.7 Å². The third-order valence-electron chi connectivity index (χ3n) is 6.92. The van der Waals surface area contributed by atoms with E-state index in [1.807, 2.05) is 35.2 Å². The minimum Gasteiger partial charge on any atom is -0.311 e. The molecule has 1 aliphatic rings. The highest BCUT2D eigenvalue weighted by atomic mass is 16.2. The lowest BCUT2D eigenvalue weighted by atomic mass is 9.95. The number of para-hydroxylation sites is 2. The number of amides is 1. The molecule has 0 spiro atoms. The van der Waals surface area contributed by atoms with E-state index in [-0.39, 0.29) is 5.91 Å². The first-order valence-corrected chi connectivity index (χ1v) is 12.5. The maximum absolute atomic E-state index is 13.1. The number of hydrogen-bond acceptors (Lipinski definition) is 3. The van der Waals surface area contributed by atoms with E-state index >= 15 is 0 Å². The summed E-state index contributed by atoms with van der Waals surface area (Å²) in [7, 11) is 0. The van der Waals surface area contributed by atoms with Crippen molar-refractivity contribution < 1.29 is 4.79 Å². The summed E-state index contributed by atoms with van der Waals surface area (Å²) in [6, 6.07) is 41.6. The van der Waals surface area contributed by atoms with Gasteiger partial charge in [0.05, 0.1) is 11.8 Å². The van der Waals surface area contributed by atoms with Crippen molar-refractivity contribution in [2.45, 2.75) is 12.8 Å². The molecule has 0 unspecified atom stereocenters. The summed E-state index contributed by atoms with van der Waals surface area (Å²) in [4.78, 5) is 17.2. The first-order valence-electron chi connectivity index (χ1n) is 12.5. The Balaban J connectivity index is 1.40. The van der Waals surface area contributed by atoms with E-state index in [0.29, 0.717) is 19.4 Å². The lowest BCUT2D eigenvalue weighted by Gasteiger charge is -2.25. The smallest absolute Gasteiger partial charge is 0.258 e. The number of nitrogens with zero attached hydrogens (tertiary/aromatic N) is 3. The Bertz CT molecular complexity index is 1580. The number of anilines is 4. The topological polar surface area (TPSA) is 47.3 Å². The first kappa shape index (κ1) is 22.6. The van der Waals surface area contributed by atoms with Crippen LogP contribution in [0.1, 0.15) is 23.2 Å². The average molecular weight is 480 g/mol. The van der Waals surface area contributed by atoms with Crippen molar-refractivity contribution in [2.75, 3.05) is 16.3 Å². The number of rotatable bonds is 7. The third-order valence-corrected chi connectivity index (χ3v) is 6.92. The fourth-order valence-corrected chi connectivity index (χ4v) is 5.23. The van der Waals surface area contributed by atoms with Gasteiger partial charge in [0.15, 0.2) is 0 Å². The zero-order valence-corrected chi connectivity index (χ0v) is 20.3. The largest absolute Gasteiger partial charge is 0.311 e. The van der Waals surface area contributed by atoms with Crippen molar-refractivity contribution >= 4 is 39.4 Å². The standard InChI is InChI=1S/C33H25N3O/c34-22-7-8-23-35-31-21-20-28(29-14-9-15-30(32(29)31)33(35)37)24-16-18-27(19-17-24)36(25-10-3-1-4-11-25)26-12-5-2-6-13-26/h1-6,9-21H,7-8,23H2. The number of carbonyl (C=O) groups excluding carboxylic acids is 1. The molecule has 1 amide bonds. The van der Waals surface area contributed by atoms with Crippen LogP contribution < -0.4 is 9.80 Å². The zero-order valence-electron chi connectivity index (χ0n) is 20.3. The van der Waals surface area contributed by atoms with Crippen LogP contribution in [0.5, 0.6) is 0 Å². The molecule has 178 valence electrons. The molecule has 0 saturated heterocycles. The molecule has 0 aromatic heterocycles. The summed E-state index contributed by atoms with van der Waals surface area (Å²) >= 11 is 0. The molecule has 0 saturated carbocycles. The lowest BCUT2D eigenvalue weighted by molar-refractivity contribution is 0.0993. The molecule has 37 heavy (non-hydrogen) atoms. The highest BCUT2D eigenvalue weighted by Crippen LogP contribution is 2.42. The van der Waals surface area contributed by atoms with Crippen LogP contribution in [-0.2, 0) is 0 Å². The van der Waals surface area contributed by atoms with Crippen LogP contribution in [0, 0.1) is 11.3 Å². The minimum absolute atomic E-state index is 0.0207. The number of nitriles is 1. The number of benzene rings is 5. The van der Waals surface area contributed by atoms with Crippen LogP contribution in [0.3, 0.4) is 0 Å². The van der Waals surface area contributed by atoms with Gasteiger partial charge in [-0.05, 0) is 71.5 Å². The number of hydrogen-bond donors (Lipinski definition) is 0. The SMILES string of the molecule is N#CCCCN1C(=O)c2cccc3c(-c4ccc(N(c5ccccc5)c5ccccc5)cc4)ccc1c23. The Hall–Kier alpha value is -4.88. The molecule has 0 N–H and O–H groups in total. The van der Waals surface area contributed by atoms with Gasteiger partial charge in [-0.3, -0.25) is 4.79 Å². The van der Waals surface area contributed by atoms with E-state index in [0.717, 1.165) is 50.2 Å². The van der Waals surface area contributed by atoms with E-state index in [2.05, 4.69) is 95.9 Å². The maximum Gasteiger partial charge on any atom is 0.258 e. The van der Waals surface area contributed by atoms with Crippen LogP contribution in [-0.4, -0.2) is 12.5 Å². The molecule has 1 aliphatic heterocycles. The monoisotopic (exact) mass is 479 g/mol. The second-order valence-corrected chi connectivity index (χ2v) is 9.13. The Morgan fingerprint density at radius 2 is 1.32 bits per heavy atom. The van der Waals surface area contributed by atoms with Crippen molar-refractivity contribution in [3.05, 3.63) is 121 Å². The lowest BCUT2D eigenvalue weighted by Crippen LogP contribution is -2.27. The van der Waals surface area contributed by atoms with E-state index in [9.17, 15) is 4.79 Å². The molecular weight excluding hydrogens is 454 g/mol. The third kappa shape index (κ3) is 4.01. The predicted molar refractivity (Wildman–Crippen MR) is 151 cm³/mol. The molecule has 0 radical (unpaired) electrons. The number of unbranched alkanes of at least 4 members (excludes halogenated alkanes) is 1. The van der Waals surface area contributed by atoms with Crippen LogP contribution >= 0.6 is 0 Å². The number of carbonyl (C=O) groups is 1. The Morgan fingerprint density at radius 3 is 1.97 bits per heavy atom. The molecular formula is C33H25N3O. The van der Waals surface area contributed by atoms with Crippen molar-refractivity contribution in [2.24, 2.45) is 0 Å². The minimum atomic E-state index is 0.0207. The summed E-state index contributed by atoms with van der Waals surface area (Å²) in [6.45, 7) is 0.555. The van der Waals surface area contributed by atoms with Crippen molar-refractivity contribution in [3.8, 4) is 17.2 Å². The molecule has 0 atom stereocenters. The molecule has 5 aromatic rings. The second kappa shape index (κ2) is 9.64. The second-order valence-electron chi connectivity index (χ2n) is 9.13. The van der Waals surface area contributed by atoms with Gasteiger partial charge in [0.1, 0.15) is 0 Å². The summed E-state index contributed by atoms with van der Waals surface area (Å²) in [6.07, 6.45) is 1.11. The van der Waals surface area contributed by atoms with Crippen molar-refractivity contribution in [3.63, 3.8) is 0 Å². The summed E-state index contributed by atoms with van der Waals surface area (Å²) in [5.74, 6) is 0.0207. The molecule has 0 aliphatic carbocycles. The van der Waals surface area contributed by atoms with Crippen molar-refractivity contribution in [1.82, 2.24) is 0 Å². The molecule has 4 nitrogen and oxygen atoms in total. The van der Waals surface area contributed by atoms with Gasteiger partial charge >= 0.3 is 0 Å². The Labute approximate surface area is 216 Å². The fourth-order valence-electron chi connectivity index (χ4n) is 5.23. The fraction of sp³-hybridized carbons (Fsp3) is 0.0909.